The first-order valence-corrected chi connectivity index (χ1v) is 2.74. The molecule has 1 rings (SSSR count). The van der Waals surface area contributed by atoms with E-state index in [0.717, 1.165) is 0 Å². The van der Waals surface area contributed by atoms with Crippen LogP contribution in [0.2, 0.25) is 0 Å². The van der Waals surface area contributed by atoms with Gasteiger partial charge in [-0.05, 0) is 6.92 Å². The van der Waals surface area contributed by atoms with E-state index in [0.29, 0.717) is 0 Å². The molecule has 0 nitrogen and oxygen atoms in total. The molecule has 0 aliphatic heterocycles. The number of alkyl halides is 6. The van der Waals surface area contributed by atoms with Gasteiger partial charge in [-0.1, -0.05) is 0 Å². The Labute approximate surface area is 58.2 Å². The van der Waals surface area contributed by atoms with E-state index in [9.17, 15) is 26.3 Å². The Morgan fingerprint density at radius 3 is 1.45 bits per heavy atom. The maximum absolute atomic E-state index is 12.0. The average molecular weight is 178 g/mol. The van der Waals surface area contributed by atoms with Gasteiger partial charge in [0.2, 0.25) is 0 Å². The zero-order valence-electron chi connectivity index (χ0n) is 5.35. The molecule has 2 unspecified atom stereocenters. The molecule has 0 aromatic rings. The van der Waals surface area contributed by atoms with Crippen LogP contribution < -0.4 is 0 Å². The quantitative estimate of drug-likeness (QED) is 0.500. The third-order valence-electron chi connectivity index (χ3n) is 2.02. The maximum Gasteiger partial charge on any atom is 0.403 e. The van der Waals surface area contributed by atoms with Crippen molar-refractivity contribution in [2.45, 2.75) is 25.2 Å². The lowest BCUT2D eigenvalue weighted by molar-refractivity contribution is -0.207. The average Bonchev–Trinajstić information content (AvgIpc) is 2.14. The third kappa shape index (κ3) is 0.724. The zero-order valence-corrected chi connectivity index (χ0v) is 5.35. The molecule has 0 bridgehead atoms. The van der Waals surface area contributed by atoms with Gasteiger partial charge < -0.3 is 0 Å². The van der Waals surface area contributed by atoms with Gasteiger partial charge in [-0.25, -0.2) is 13.2 Å². The van der Waals surface area contributed by atoms with Crippen molar-refractivity contribution in [3.63, 3.8) is 0 Å². The van der Waals surface area contributed by atoms with E-state index in [1.54, 1.807) is 0 Å². The van der Waals surface area contributed by atoms with Gasteiger partial charge in [-0.2, -0.15) is 13.2 Å². The van der Waals surface area contributed by atoms with Crippen molar-refractivity contribution in [3.8, 4) is 0 Å². The first-order valence-electron chi connectivity index (χ1n) is 2.74. The molecule has 2 atom stereocenters. The second-order valence-electron chi connectivity index (χ2n) is 2.69. The summed E-state index contributed by atoms with van der Waals surface area (Å²) in [6, 6.07) is 0. The molecule has 0 saturated heterocycles. The highest BCUT2D eigenvalue weighted by Crippen LogP contribution is 2.69. The Morgan fingerprint density at radius 1 is 1.18 bits per heavy atom. The predicted octanol–water partition coefficient (Wildman–Crippen LogP) is 2.54. The van der Waals surface area contributed by atoms with E-state index >= 15 is 0 Å². The molecular formula is C5H4F6. The first kappa shape index (κ1) is 8.67. The summed E-state index contributed by atoms with van der Waals surface area (Å²) in [6.07, 6.45) is -8.26. The standard InChI is InChI=1S/C5H4F6/c1-3(5(9,10)11)2(6)4(3,7)8/h2H,1H3. The fraction of sp³-hybridized carbons (Fsp3) is 1.00. The van der Waals surface area contributed by atoms with Crippen molar-refractivity contribution in [2.75, 3.05) is 0 Å². The lowest BCUT2D eigenvalue weighted by atomic mass is 10.1. The van der Waals surface area contributed by atoms with Gasteiger partial charge in [0.15, 0.2) is 11.6 Å². The molecule has 0 aromatic carbocycles. The summed E-state index contributed by atoms with van der Waals surface area (Å²) in [5, 5.41) is 0. The number of rotatable bonds is 0. The van der Waals surface area contributed by atoms with Crippen molar-refractivity contribution in [1.29, 1.82) is 0 Å². The summed E-state index contributed by atoms with van der Waals surface area (Å²) >= 11 is 0. The monoisotopic (exact) mass is 178 g/mol. The third-order valence-corrected chi connectivity index (χ3v) is 2.02. The maximum atomic E-state index is 12.0. The van der Waals surface area contributed by atoms with Gasteiger partial charge in [0.05, 0.1) is 0 Å². The van der Waals surface area contributed by atoms with Gasteiger partial charge in [0.25, 0.3) is 5.92 Å². The predicted molar refractivity (Wildman–Crippen MR) is 24.0 cm³/mol. The summed E-state index contributed by atoms with van der Waals surface area (Å²) in [5.41, 5.74) is -3.46. The van der Waals surface area contributed by atoms with E-state index in [1.807, 2.05) is 0 Å². The summed E-state index contributed by atoms with van der Waals surface area (Å²) in [4.78, 5) is 0. The molecule has 0 N–H and O–H groups in total. The van der Waals surface area contributed by atoms with Crippen molar-refractivity contribution in [3.05, 3.63) is 0 Å². The second-order valence-corrected chi connectivity index (χ2v) is 2.69. The van der Waals surface area contributed by atoms with Crippen LogP contribution in [0, 0.1) is 5.41 Å². The Bertz CT molecular complexity index is 170. The number of hydrogen-bond donors (Lipinski definition) is 0. The van der Waals surface area contributed by atoms with E-state index in [4.69, 9.17) is 0 Å². The normalized spacial score (nSPS) is 42.3. The molecule has 0 spiro atoms. The van der Waals surface area contributed by atoms with Crippen molar-refractivity contribution in [1.82, 2.24) is 0 Å². The summed E-state index contributed by atoms with van der Waals surface area (Å²) in [6.45, 7) is 0.178. The highest BCUT2D eigenvalue weighted by atomic mass is 19.4. The Hall–Kier alpha value is -0.420. The van der Waals surface area contributed by atoms with Gasteiger partial charge in [0, 0.05) is 0 Å². The molecule has 1 aliphatic rings. The molecule has 66 valence electrons. The molecule has 1 saturated carbocycles. The topological polar surface area (TPSA) is 0 Å². The number of halogens is 6. The minimum absolute atomic E-state index is 0.178. The summed E-state index contributed by atoms with van der Waals surface area (Å²) < 4.78 is 70.9. The summed E-state index contributed by atoms with van der Waals surface area (Å²) in [7, 11) is 0. The zero-order chi connectivity index (χ0) is 9.08. The number of hydrogen-bond acceptors (Lipinski definition) is 0. The Balaban J connectivity index is 2.92. The molecule has 1 aliphatic carbocycles. The van der Waals surface area contributed by atoms with Crippen LogP contribution >= 0.6 is 0 Å². The van der Waals surface area contributed by atoms with Gasteiger partial charge in [-0.15, -0.1) is 0 Å². The molecule has 0 radical (unpaired) electrons. The van der Waals surface area contributed by atoms with E-state index in [1.165, 1.54) is 0 Å². The Morgan fingerprint density at radius 2 is 1.45 bits per heavy atom. The Kier molecular flexibility index (Phi) is 1.31. The molecular weight excluding hydrogens is 174 g/mol. The fourth-order valence-electron chi connectivity index (χ4n) is 0.814. The van der Waals surface area contributed by atoms with E-state index in [-0.39, 0.29) is 6.92 Å². The van der Waals surface area contributed by atoms with Crippen LogP contribution in [0.5, 0.6) is 0 Å². The second kappa shape index (κ2) is 1.67. The van der Waals surface area contributed by atoms with E-state index in [2.05, 4.69) is 0 Å². The van der Waals surface area contributed by atoms with Crippen LogP contribution in [0.3, 0.4) is 0 Å². The fourth-order valence-corrected chi connectivity index (χ4v) is 0.814. The van der Waals surface area contributed by atoms with Gasteiger partial charge >= 0.3 is 6.18 Å². The smallest absolute Gasteiger partial charge is 0.240 e. The SMILES string of the molecule is CC1(C(F)(F)F)C(F)C1(F)F. The first-order chi connectivity index (χ1) is 4.65. The van der Waals surface area contributed by atoms with Crippen LogP contribution in [0.25, 0.3) is 0 Å². The molecule has 0 heterocycles. The lowest BCUT2D eigenvalue weighted by Gasteiger charge is -2.12. The van der Waals surface area contributed by atoms with Crippen LogP contribution in [-0.2, 0) is 0 Å². The van der Waals surface area contributed by atoms with Gasteiger partial charge in [0.1, 0.15) is 0 Å². The van der Waals surface area contributed by atoms with Crippen LogP contribution in [-0.4, -0.2) is 18.3 Å². The molecule has 0 aromatic heterocycles. The van der Waals surface area contributed by atoms with Crippen molar-refractivity contribution >= 4 is 0 Å². The molecule has 0 amide bonds. The minimum Gasteiger partial charge on any atom is -0.240 e. The van der Waals surface area contributed by atoms with Crippen molar-refractivity contribution < 1.29 is 26.3 Å². The highest BCUT2D eigenvalue weighted by Gasteiger charge is 2.90. The molecule has 11 heavy (non-hydrogen) atoms. The lowest BCUT2D eigenvalue weighted by Crippen LogP contribution is -2.27. The van der Waals surface area contributed by atoms with Crippen LogP contribution in [0.1, 0.15) is 6.92 Å². The van der Waals surface area contributed by atoms with Crippen LogP contribution in [0.15, 0.2) is 0 Å². The largest absolute Gasteiger partial charge is 0.403 e. The van der Waals surface area contributed by atoms with Crippen LogP contribution in [0.4, 0.5) is 26.3 Å². The van der Waals surface area contributed by atoms with Gasteiger partial charge in [-0.3, -0.25) is 0 Å². The summed E-state index contributed by atoms with van der Waals surface area (Å²) in [5.74, 6) is -4.24. The highest BCUT2D eigenvalue weighted by molar-refractivity contribution is 5.20. The van der Waals surface area contributed by atoms with Crippen molar-refractivity contribution in [2.24, 2.45) is 5.41 Å². The molecule has 6 heteroatoms. The minimum atomic E-state index is -5.17. The molecule has 1 fully saturated rings. The van der Waals surface area contributed by atoms with E-state index < -0.39 is 23.7 Å².